The van der Waals surface area contributed by atoms with Crippen LogP contribution in [0.25, 0.3) is 0 Å². The number of methoxy groups -OCH3 is 1. The van der Waals surface area contributed by atoms with E-state index in [0.29, 0.717) is 17.2 Å². The minimum absolute atomic E-state index is 0.0455. The minimum Gasteiger partial charge on any atom is -0.495 e. The lowest BCUT2D eigenvalue weighted by Crippen LogP contribution is -2.15. The standard InChI is InChI=1S/C15H17NO4S/c1-19-14-7-2-3-8-15(14)21(17,18)10-9-20-13-6-4-5-12(16)11-13/h2-8,11H,9-10,16H2,1H3. The molecule has 2 N–H and O–H groups in total. The van der Waals surface area contributed by atoms with E-state index in [9.17, 15) is 8.42 Å². The second-order valence-electron chi connectivity index (χ2n) is 4.39. The van der Waals surface area contributed by atoms with Gasteiger partial charge in [0.15, 0.2) is 9.84 Å². The monoisotopic (exact) mass is 307 g/mol. The van der Waals surface area contributed by atoms with E-state index in [1.807, 2.05) is 0 Å². The fraction of sp³-hybridized carbons (Fsp3) is 0.200. The number of hydrogen-bond acceptors (Lipinski definition) is 5. The number of rotatable bonds is 6. The Hall–Kier alpha value is -2.21. The van der Waals surface area contributed by atoms with Crippen molar-refractivity contribution < 1.29 is 17.9 Å². The summed E-state index contributed by atoms with van der Waals surface area (Å²) < 4.78 is 35.1. The summed E-state index contributed by atoms with van der Waals surface area (Å²) in [7, 11) is -2.02. The summed E-state index contributed by atoms with van der Waals surface area (Å²) >= 11 is 0. The second kappa shape index (κ2) is 6.49. The van der Waals surface area contributed by atoms with Crippen LogP contribution in [0.1, 0.15) is 0 Å². The van der Waals surface area contributed by atoms with Gasteiger partial charge >= 0.3 is 0 Å². The van der Waals surface area contributed by atoms with Gasteiger partial charge in [-0.2, -0.15) is 0 Å². The van der Waals surface area contributed by atoms with Crippen molar-refractivity contribution in [2.24, 2.45) is 0 Å². The molecule has 2 aromatic carbocycles. The van der Waals surface area contributed by atoms with Gasteiger partial charge in [0.1, 0.15) is 23.0 Å². The highest BCUT2D eigenvalue weighted by Crippen LogP contribution is 2.24. The Bertz CT molecular complexity index is 713. The van der Waals surface area contributed by atoms with E-state index in [0.717, 1.165) is 0 Å². The first-order chi connectivity index (χ1) is 10.0. The number of hydrogen-bond donors (Lipinski definition) is 1. The zero-order valence-corrected chi connectivity index (χ0v) is 12.5. The van der Waals surface area contributed by atoms with Crippen molar-refractivity contribution in [2.45, 2.75) is 4.90 Å². The fourth-order valence-corrected chi connectivity index (χ4v) is 3.13. The molecule has 0 aliphatic rings. The lowest BCUT2D eigenvalue weighted by molar-refractivity contribution is 0.340. The van der Waals surface area contributed by atoms with Gasteiger partial charge in [0, 0.05) is 11.8 Å². The molecule has 0 amide bonds. The van der Waals surface area contributed by atoms with Gasteiger partial charge in [0.05, 0.1) is 12.9 Å². The molecule has 2 rings (SSSR count). The summed E-state index contributed by atoms with van der Waals surface area (Å²) in [5.74, 6) is 0.744. The summed E-state index contributed by atoms with van der Waals surface area (Å²) in [6.07, 6.45) is 0. The summed E-state index contributed by atoms with van der Waals surface area (Å²) in [5.41, 5.74) is 6.20. The number of ether oxygens (including phenoxy) is 2. The maximum atomic E-state index is 12.3. The molecule has 21 heavy (non-hydrogen) atoms. The van der Waals surface area contributed by atoms with Crippen LogP contribution >= 0.6 is 0 Å². The van der Waals surface area contributed by atoms with Crippen LogP contribution in [0.4, 0.5) is 5.69 Å². The maximum absolute atomic E-state index is 12.3. The first-order valence-electron chi connectivity index (χ1n) is 6.37. The SMILES string of the molecule is COc1ccccc1S(=O)(=O)CCOc1cccc(N)c1. The Morgan fingerprint density at radius 3 is 2.57 bits per heavy atom. The quantitative estimate of drug-likeness (QED) is 0.827. The van der Waals surface area contributed by atoms with Crippen molar-refractivity contribution in [1.82, 2.24) is 0 Å². The van der Waals surface area contributed by atoms with Crippen LogP contribution in [0.5, 0.6) is 11.5 Å². The molecule has 0 aromatic heterocycles. The lowest BCUT2D eigenvalue weighted by atomic mass is 10.3. The Kier molecular flexibility index (Phi) is 4.70. The Morgan fingerprint density at radius 1 is 1.10 bits per heavy atom. The average Bonchev–Trinajstić information content (AvgIpc) is 2.47. The molecule has 0 unspecified atom stereocenters. The molecule has 112 valence electrons. The van der Waals surface area contributed by atoms with Gasteiger partial charge in [0.25, 0.3) is 0 Å². The van der Waals surface area contributed by atoms with Crippen LogP contribution in [0.15, 0.2) is 53.4 Å². The maximum Gasteiger partial charge on any atom is 0.185 e. The van der Waals surface area contributed by atoms with Crippen molar-refractivity contribution >= 4 is 15.5 Å². The zero-order chi connectivity index (χ0) is 15.3. The number of para-hydroxylation sites is 1. The van der Waals surface area contributed by atoms with Crippen LogP contribution < -0.4 is 15.2 Å². The number of nitrogen functional groups attached to an aromatic ring is 1. The Labute approximate surface area is 124 Å². The number of benzene rings is 2. The molecule has 0 spiro atoms. The molecule has 0 aliphatic heterocycles. The van der Waals surface area contributed by atoms with Crippen LogP contribution in [-0.2, 0) is 9.84 Å². The van der Waals surface area contributed by atoms with Gasteiger partial charge in [-0.15, -0.1) is 0 Å². The van der Waals surface area contributed by atoms with E-state index in [1.54, 1.807) is 42.5 Å². The van der Waals surface area contributed by atoms with Gasteiger partial charge < -0.3 is 15.2 Å². The molecule has 0 saturated carbocycles. The molecular weight excluding hydrogens is 290 g/mol. The molecule has 0 saturated heterocycles. The van der Waals surface area contributed by atoms with Gasteiger partial charge in [-0.3, -0.25) is 0 Å². The van der Waals surface area contributed by atoms with E-state index >= 15 is 0 Å². The van der Waals surface area contributed by atoms with Crippen molar-refractivity contribution in [3.63, 3.8) is 0 Å². The molecule has 0 fully saturated rings. The largest absolute Gasteiger partial charge is 0.495 e. The van der Waals surface area contributed by atoms with E-state index in [1.165, 1.54) is 13.2 Å². The zero-order valence-electron chi connectivity index (χ0n) is 11.7. The topological polar surface area (TPSA) is 78.6 Å². The van der Waals surface area contributed by atoms with Gasteiger partial charge in [0.2, 0.25) is 0 Å². The van der Waals surface area contributed by atoms with E-state index in [4.69, 9.17) is 15.2 Å². The van der Waals surface area contributed by atoms with Crippen molar-refractivity contribution in [2.75, 3.05) is 25.2 Å². The predicted octanol–water partition coefficient (Wildman–Crippen LogP) is 2.13. The van der Waals surface area contributed by atoms with Crippen LogP contribution in [0, 0.1) is 0 Å². The van der Waals surface area contributed by atoms with Crippen molar-refractivity contribution in [1.29, 1.82) is 0 Å². The summed E-state index contributed by atoms with van der Waals surface area (Å²) in [6, 6.07) is 13.4. The van der Waals surface area contributed by atoms with Crippen LogP contribution in [0.3, 0.4) is 0 Å². The highest BCUT2D eigenvalue weighted by atomic mass is 32.2. The predicted molar refractivity (Wildman–Crippen MR) is 81.4 cm³/mol. The minimum atomic E-state index is -3.46. The molecule has 5 nitrogen and oxygen atoms in total. The highest BCUT2D eigenvalue weighted by Gasteiger charge is 2.19. The van der Waals surface area contributed by atoms with Crippen molar-refractivity contribution in [3.8, 4) is 11.5 Å². The Morgan fingerprint density at radius 2 is 1.86 bits per heavy atom. The first-order valence-corrected chi connectivity index (χ1v) is 8.02. The molecule has 0 heterocycles. The number of anilines is 1. The smallest absolute Gasteiger partial charge is 0.185 e. The third kappa shape index (κ3) is 3.88. The third-order valence-corrected chi connectivity index (χ3v) is 4.59. The van der Waals surface area contributed by atoms with E-state index in [-0.39, 0.29) is 17.3 Å². The van der Waals surface area contributed by atoms with Crippen LogP contribution in [0.2, 0.25) is 0 Å². The molecule has 2 aromatic rings. The van der Waals surface area contributed by atoms with Gasteiger partial charge in [-0.05, 0) is 24.3 Å². The normalized spacial score (nSPS) is 11.1. The molecule has 0 radical (unpaired) electrons. The summed E-state index contributed by atoms with van der Waals surface area (Å²) in [4.78, 5) is 0.170. The highest BCUT2D eigenvalue weighted by molar-refractivity contribution is 7.91. The van der Waals surface area contributed by atoms with Gasteiger partial charge in [-0.25, -0.2) is 8.42 Å². The second-order valence-corrected chi connectivity index (χ2v) is 6.47. The number of nitrogens with two attached hydrogens (primary N) is 1. The average molecular weight is 307 g/mol. The fourth-order valence-electron chi connectivity index (χ4n) is 1.86. The van der Waals surface area contributed by atoms with E-state index < -0.39 is 9.84 Å². The Balaban J connectivity index is 2.05. The molecular formula is C15H17NO4S. The molecule has 0 atom stereocenters. The number of sulfone groups is 1. The first kappa shape index (κ1) is 15.2. The van der Waals surface area contributed by atoms with Crippen LogP contribution in [-0.4, -0.2) is 27.9 Å². The molecule has 0 bridgehead atoms. The van der Waals surface area contributed by atoms with E-state index in [2.05, 4.69) is 0 Å². The summed E-state index contributed by atoms with van der Waals surface area (Å²) in [6.45, 7) is 0.0455. The summed E-state index contributed by atoms with van der Waals surface area (Å²) in [5, 5.41) is 0. The van der Waals surface area contributed by atoms with Crippen molar-refractivity contribution in [3.05, 3.63) is 48.5 Å². The third-order valence-electron chi connectivity index (χ3n) is 2.88. The lowest BCUT2D eigenvalue weighted by Gasteiger charge is -2.10. The molecule has 0 aliphatic carbocycles. The van der Waals surface area contributed by atoms with Gasteiger partial charge in [-0.1, -0.05) is 18.2 Å². The molecule has 6 heteroatoms.